The van der Waals surface area contributed by atoms with Crippen LogP contribution in [0.5, 0.6) is 0 Å². The van der Waals surface area contributed by atoms with E-state index in [-0.39, 0.29) is 0 Å². The minimum atomic E-state index is 0.531. The van der Waals surface area contributed by atoms with E-state index in [4.69, 9.17) is 0 Å². The molecule has 0 aliphatic heterocycles. The third kappa shape index (κ3) is 4.35. The Hall–Kier alpha value is -0.340. The maximum Gasteiger partial charge on any atom is 0.0438 e. The highest BCUT2D eigenvalue weighted by Crippen LogP contribution is 2.25. The first-order valence-electron chi connectivity index (χ1n) is 5.88. The molecule has 0 saturated heterocycles. The Morgan fingerprint density at radius 3 is 2.47 bits per heavy atom. The quantitative estimate of drug-likeness (QED) is 0.769. The summed E-state index contributed by atoms with van der Waals surface area (Å²) in [5, 5.41) is 5.82. The van der Waals surface area contributed by atoms with E-state index < -0.39 is 0 Å². The van der Waals surface area contributed by atoms with Crippen molar-refractivity contribution in [2.75, 3.05) is 6.54 Å². The fourth-order valence-electron chi connectivity index (χ4n) is 1.66. The molecule has 1 nitrogen and oxygen atoms in total. The SMILES string of the molecule is CC(C)CCNC(c1cccs1)C(C)C. The van der Waals surface area contributed by atoms with Crippen molar-refractivity contribution in [3.8, 4) is 0 Å². The van der Waals surface area contributed by atoms with Gasteiger partial charge in [0, 0.05) is 10.9 Å². The average molecular weight is 225 g/mol. The van der Waals surface area contributed by atoms with Crippen molar-refractivity contribution in [2.24, 2.45) is 11.8 Å². The van der Waals surface area contributed by atoms with Crippen molar-refractivity contribution in [3.63, 3.8) is 0 Å². The molecule has 0 saturated carbocycles. The first-order chi connectivity index (χ1) is 7.11. The molecule has 1 aromatic rings. The molecule has 0 spiro atoms. The van der Waals surface area contributed by atoms with Gasteiger partial charge in [0.2, 0.25) is 0 Å². The zero-order valence-electron chi connectivity index (χ0n) is 10.3. The highest BCUT2D eigenvalue weighted by molar-refractivity contribution is 7.10. The van der Waals surface area contributed by atoms with Crippen LogP contribution in [0.15, 0.2) is 17.5 Å². The van der Waals surface area contributed by atoms with Gasteiger partial charge in [-0.25, -0.2) is 0 Å². The minimum absolute atomic E-state index is 0.531. The van der Waals surface area contributed by atoms with Crippen molar-refractivity contribution < 1.29 is 0 Å². The molecule has 1 rings (SSSR count). The Labute approximate surface area is 97.9 Å². The van der Waals surface area contributed by atoms with Gasteiger partial charge in [0.25, 0.3) is 0 Å². The molecule has 1 atom stereocenters. The van der Waals surface area contributed by atoms with Crippen LogP contribution < -0.4 is 5.32 Å². The van der Waals surface area contributed by atoms with Gasteiger partial charge in [0.15, 0.2) is 0 Å². The largest absolute Gasteiger partial charge is 0.309 e. The molecule has 0 bridgehead atoms. The first-order valence-corrected chi connectivity index (χ1v) is 6.76. The molecule has 1 heterocycles. The van der Waals surface area contributed by atoms with Gasteiger partial charge >= 0.3 is 0 Å². The van der Waals surface area contributed by atoms with E-state index in [1.165, 1.54) is 11.3 Å². The number of hydrogen-bond acceptors (Lipinski definition) is 2. The number of rotatable bonds is 6. The van der Waals surface area contributed by atoms with Gasteiger partial charge < -0.3 is 5.32 Å². The highest BCUT2D eigenvalue weighted by atomic mass is 32.1. The second kappa shape index (κ2) is 6.29. The smallest absolute Gasteiger partial charge is 0.0438 e. The molecular weight excluding hydrogens is 202 g/mol. The second-order valence-corrected chi connectivity index (χ2v) is 5.85. The fraction of sp³-hybridized carbons (Fsp3) is 0.692. The molecular formula is C13H23NS. The molecule has 1 unspecified atom stereocenters. The monoisotopic (exact) mass is 225 g/mol. The molecule has 86 valence electrons. The lowest BCUT2D eigenvalue weighted by atomic mass is 10.0. The highest BCUT2D eigenvalue weighted by Gasteiger charge is 2.15. The summed E-state index contributed by atoms with van der Waals surface area (Å²) in [6, 6.07) is 4.90. The summed E-state index contributed by atoms with van der Waals surface area (Å²) in [6.45, 7) is 10.2. The number of hydrogen-bond donors (Lipinski definition) is 1. The average Bonchev–Trinajstić information content (AvgIpc) is 2.63. The summed E-state index contributed by atoms with van der Waals surface area (Å²) >= 11 is 1.86. The van der Waals surface area contributed by atoms with E-state index in [0.717, 1.165) is 12.5 Å². The fourth-order valence-corrected chi connectivity index (χ4v) is 2.63. The molecule has 2 heteroatoms. The van der Waals surface area contributed by atoms with E-state index >= 15 is 0 Å². The zero-order valence-corrected chi connectivity index (χ0v) is 11.1. The molecule has 0 radical (unpaired) electrons. The Morgan fingerprint density at radius 1 is 1.27 bits per heavy atom. The van der Waals surface area contributed by atoms with Crippen LogP contribution in [-0.2, 0) is 0 Å². The lowest BCUT2D eigenvalue weighted by molar-refractivity contribution is 0.399. The zero-order chi connectivity index (χ0) is 11.3. The van der Waals surface area contributed by atoms with Gasteiger partial charge in [-0.05, 0) is 36.2 Å². The Morgan fingerprint density at radius 2 is 2.00 bits per heavy atom. The van der Waals surface area contributed by atoms with E-state index in [2.05, 4.69) is 50.5 Å². The standard InChI is InChI=1S/C13H23NS/c1-10(2)7-8-14-13(11(3)4)12-6-5-9-15-12/h5-6,9-11,13-14H,7-8H2,1-4H3. The van der Waals surface area contributed by atoms with E-state index in [0.29, 0.717) is 12.0 Å². The van der Waals surface area contributed by atoms with Crippen molar-refractivity contribution in [3.05, 3.63) is 22.4 Å². The van der Waals surface area contributed by atoms with Crippen LogP contribution >= 0.6 is 11.3 Å². The number of thiophene rings is 1. The summed E-state index contributed by atoms with van der Waals surface area (Å²) in [4.78, 5) is 1.47. The Balaban J connectivity index is 2.45. The molecule has 0 aliphatic rings. The van der Waals surface area contributed by atoms with Crippen LogP contribution in [-0.4, -0.2) is 6.54 Å². The summed E-state index contributed by atoms with van der Waals surface area (Å²) in [6.07, 6.45) is 1.26. The van der Waals surface area contributed by atoms with E-state index in [9.17, 15) is 0 Å². The maximum absolute atomic E-state index is 3.66. The predicted octanol–water partition coefficient (Wildman–Crippen LogP) is 4.08. The molecule has 1 aromatic heterocycles. The lowest BCUT2D eigenvalue weighted by Gasteiger charge is -2.21. The van der Waals surface area contributed by atoms with Crippen LogP contribution in [0.1, 0.15) is 45.0 Å². The van der Waals surface area contributed by atoms with Crippen LogP contribution in [0.2, 0.25) is 0 Å². The van der Waals surface area contributed by atoms with Gasteiger partial charge in [0.1, 0.15) is 0 Å². The van der Waals surface area contributed by atoms with Gasteiger partial charge in [-0.2, -0.15) is 0 Å². The number of nitrogens with one attached hydrogen (secondary N) is 1. The lowest BCUT2D eigenvalue weighted by Crippen LogP contribution is -2.26. The van der Waals surface area contributed by atoms with Gasteiger partial charge in [-0.15, -0.1) is 11.3 Å². The van der Waals surface area contributed by atoms with E-state index in [1.54, 1.807) is 0 Å². The molecule has 0 aliphatic carbocycles. The third-order valence-corrected chi connectivity index (χ3v) is 3.56. The summed E-state index contributed by atoms with van der Waals surface area (Å²) < 4.78 is 0. The maximum atomic E-state index is 3.66. The molecule has 1 N–H and O–H groups in total. The van der Waals surface area contributed by atoms with Crippen molar-refractivity contribution in [1.82, 2.24) is 5.32 Å². The van der Waals surface area contributed by atoms with Crippen molar-refractivity contribution >= 4 is 11.3 Å². The molecule has 0 aromatic carbocycles. The van der Waals surface area contributed by atoms with Gasteiger partial charge in [0.05, 0.1) is 0 Å². The Kier molecular flexibility index (Phi) is 5.34. The molecule has 0 amide bonds. The van der Waals surface area contributed by atoms with Gasteiger partial charge in [-0.3, -0.25) is 0 Å². The molecule has 15 heavy (non-hydrogen) atoms. The van der Waals surface area contributed by atoms with Crippen LogP contribution in [0.4, 0.5) is 0 Å². The Bertz CT molecular complexity index is 252. The third-order valence-electron chi connectivity index (χ3n) is 2.60. The molecule has 0 fully saturated rings. The normalized spacial score (nSPS) is 13.7. The summed E-state index contributed by atoms with van der Waals surface area (Å²) in [5.74, 6) is 1.45. The summed E-state index contributed by atoms with van der Waals surface area (Å²) in [5.41, 5.74) is 0. The topological polar surface area (TPSA) is 12.0 Å². The van der Waals surface area contributed by atoms with Crippen molar-refractivity contribution in [1.29, 1.82) is 0 Å². The van der Waals surface area contributed by atoms with Crippen molar-refractivity contribution in [2.45, 2.75) is 40.2 Å². The first kappa shape index (κ1) is 12.7. The van der Waals surface area contributed by atoms with Gasteiger partial charge in [-0.1, -0.05) is 33.8 Å². The second-order valence-electron chi connectivity index (χ2n) is 4.87. The van der Waals surface area contributed by atoms with Crippen LogP contribution in [0.25, 0.3) is 0 Å². The summed E-state index contributed by atoms with van der Waals surface area (Å²) in [7, 11) is 0. The predicted molar refractivity (Wildman–Crippen MR) is 69.4 cm³/mol. The minimum Gasteiger partial charge on any atom is -0.309 e. The van der Waals surface area contributed by atoms with E-state index in [1.807, 2.05) is 11.3 Å². The van der Waals surface area contributed by atoms with Crippen LogP contribution in [0.3, 0.4) is 0 Å². The van der Waals surface area contributed by atoms with Crippen LogP contribution in [0, 0.1) is 11.8 Å².